The molecule has 0 unspecified atom stereocenters. The second-order valence-electron chi connectivity index (χ2n) is 7.64. The van der Waals surface area contributed by atoms with Gasteiger partial charge in [0, 0.05) is 16.9 Å². The monoisotopic (exact) mass is 459 g/mol. The predicted octanol–water partition coefficient (Wildman–Crippen LogP) is 5.25. The van der Waals surface area contributed by atoms with Gasteiger partial charge in [-0.1, -0.05) is 60.5 Å². The smallest absolute Gasteiger partial charge is 0.283 e. The van der Waals surface area contributed by atoms with Crippen molar-refractivity contribution in [2.24, 2.45) is 0 Å². The molecule has 1 heterocycles. The van der Waals surface area contributed by atoms with E-state index in [4.69, 9.17) is 11.6 Å². The van der Waals surface area contributed by atoms with E-state index in [-0.39, 0.29) is 16.6 Å². The van der Waals surface area contributed by atoms with Gasteiger partial charge in [-0.2, -0.15) is 0 Å². The highest BCUT2D eigenvalue weighted by molar-refractivity contribution is 6.53. The van der Waals surface area contributed by atoms with Gasteiger partial charge in [-0.25, -0.2) is 4.90 Å². The molecule has 1 aliphatic rings. The summed E-state index contributed by atoms with van der Waals surface area (Å²) < 4.78 is 0. The summed E-state index contributed by atoms with van der Waals surface area (Å²) >= 11 is 6.22. The highest BCUT2D eigenvalue weighted by atomic mass is 35.5. The zero-order valence-corrected chi connectivity index (χ0v) is 18.9. The summed E-state index contributed by atoms with van der Waals surface area (Å²) in [4.78, 5) is 39.5. The first kappa shape index (κ1) is 22.3. The highest BCUT2D eigenvalue weighted by Gasteiger charge is 2.38. The van der Waals surface area contributed by atoms with Crippen LogP contribution in [0.25, 0.3) is 0 Å². The quantitative estimate of drug-likeness (QED) is 0.494. The third kappa shape index (κ3) is 4.52. The first-order chi connectivity index (χ1) is 15.9. The molecule has 166 valence electrons. The molecule has 0 bridgehead atoms. The van der Waals surface area contributed by atoms with Crippen LogP contribution in [-0.4, -0.2) is 17.7 Å². The number of nitrogens with zero attached hydrogens (tertiary/aromatic N) is 1. The first-order valence-electron chi connectivity index (χ1n) is 10.5. The number of rotatable bonds is 6. The van der Waals surface area contributed by atoms with E-state index >= 15 is 0 Å². The molecular formula is C26H22ClN3O3. The number of carbonyl (C=O) groups excluding carboxylic acids is 3. The lowest BCUT2D eigenvalue weighted by Crippen LogP contribution is -2.32. The molecule has 0 saturated carbocycles. The van der Waals surface area contributed by atoms with Crippen LogP contribution in [0.5, 0.6) is 0 Å². The molecule has 0 saturated heterocycles. The Morgan fingerprint density at radius 1 is 0.939 bits per heavy atom. The number of benzene rings is 3. The van der Waals surface area contributed by atoms with E-state index in [1.54, 1.807) is 36.4 Å². The van der Waals surface area contributed by atoms with Gasteiger partial charge in [-0.3, -0.25) is 14.4 Å². The number of hydrogen-bond acceptors (Lipinski definition) is 4. The number of aryl methyl sites for hydroxylation is 2. The topological polar surface area (TPSA) is 78.5 Å². The molecule has 0 radical (unpaired) electrons. The lowest BCUT2D eigenvalue weighted by atomic mass is 10.1. The molecule has 3 amide bonds. The fourth-order valence-corrected chi connectivity index (χ4v) is 3.78. The maximum Gasteiger partial charge on any atom is 0.283 e. The van der Waals surface area contributed by atoms with Crippen molar-refractivity contribution in [3.8, 4) is 0 Å². The second kappa shape index (κ2) is 9.30. The number of amides is 3. The maximum absolute atomic E-state index is 13.0. The summed E-state index contributed by atoms with van der Waals surface area (Å²) in [6.07, 6.45) is 0.790. The van der Waals surface area contributed by atoms with Gasteiger partial charge in [-0.15, -0.1) is 0 Å². The second-order valence-corrected chi connectivity index (χ2v) is 8.02. The van der Waals surface area contributed by atoms with E-state index in [0.29, 0.717) is 16.9 Å². The zero-order chi connectivity index (χ0) is 23.5. The van der Waals surface area contributed by atoms with Crippen molar-refractivity contribution in [1.82, 2.24) is 0 Å². The van der Waals surface area contributed by atoms with Gasteiger partial charge in [0.05, 0.1) is 5.69 Å². The Balaban J connectivity index is 1.54. The number of carbonyl (C=O) groups is 3. The molecule has 0 aromatic heterocycles. The summed E-state index contributed by atoms with van der Waals surface area (Å²) in [7, 11) is 0. The van der Waals surface area contributed by atoms with Gasteiger partial charge in [0.25, 0.3) is 17.7 Å². The number of anilines is 3. The Morgan fingerprint density at radius 3 is 2.39 bits per heavy atom. The van der Waals surface area contributed by atoms with Crippen LogP contribution >= 0.6 is 11.6 Å². The lowest BCUT2D eigenvalue weighted by molar-refractivity contribution is -0.120. The average molecular weight is 460 g/mol. The fourth-order valence-electron chi connectivity index (χ4n) is 3.57. The predicted molar refractivity (Wildman–Crippen MR) is 130 cm³/mol. The summed E-state index contributed by atoms with van der Waals surface area (Å²) in [6, 6.07) is 21.3. The largest absolute Gasteiger partial charge is 0.350 e. The van der Waals surface area contributed by atoms with Crippen LogP contribution in [0.3, 0.4) is 0 Å². The van der Waals surface area contributed by atoms with Crippen LogP contribution in [-0.2, 0) is 16.0 Å². The number of hydrogen-bond donors (Lipinski definition) is 2. The molecule has 1 aliphatic heterocycles. The number of nitrogens with one attached hydrogen (secondary N) is 2. The standard InChI is InChI=1S/C26H22ClN3O3/c1-3-17-7-4-5-10-21(17)29-24(31)18-8-6-9-19(15-18)28-23-22(27)25(32)30(26(23)33)20-13-11-16(2)12-14-20/h4-15,28H,3H2,1-2H3,(H,29,31). The van der Waals surface area contributed by atoms with Crippen LogP contribution < -0.4 is 15.5 Å². The van der Waals surface area contributed by atoms with E-state index in [9.17, 15) is 14.4 Å². The summed E-state index contributed by atoms with van der Waals surface area (Å²) in [5.74, 6) is -1.44. The Morgan fingerprint density at radius 2 is 1.67 bits per heavy atom. The van der Waals surface area contributed by atoms with Crippen LogP contribution in [0, 0.1) is 6.92 Å². The Labute approximate surface area is 196 Å². The molecule has 0 aliphatic carbocycles. The Kier molecular flexibility index (Phi) is 6.29. The minimum atomic E-state index is -0.599. The molecule has 6 nitrogen and oxygen atoms in total. The van der Waals surface area contributed by atoms with E-state index in [2.05, 4.69) is 10.6 Å². The number of halogens is 1. The number of imide groups is 1. The van der Waals surface area contributed by atoms with E-state index < -0.39 is 11.8 Å². The molecule has 3 aromatic rings. The normalized spacial score (nSPS) is 13.5. The van der Waals surface area contributed by atoms with Crippen molar-refractivity contribution in [3.63, 3.8) is 0 Å². The fraction of sp³-hybridized carbons (Fsp3) is 0.115. The summed E-state index contributed by atoms with van der Waals surface area (Å²) in [5.41, 5.74) is 4.06. The summed E-state index contributed by atoms with van der Waals surface area (Å²) in [5, 5.41) is 5.64. The van der Waals surface area contributed by atoms with Crippen LogP contribution in [0.2, 0.25) is 0 Å². The molecule has 2 N–H and O–H groups in total. The van der Waals surface area contributed by atoms with Crippen molar-refractivity contribution in [2.45, 2.75) is 20.3 Å². The first-order valence-corrected chi connectivity index (χ1v) is 10.9. The van der Waals surface area contributed by atoms with Crippen molar-refractivity contribution in [3.05, 3.63) is 100 Å². The van der Waals surface area contributed by atoms with Crippen LogP contribution in [0.15, 0.2) is 83.5 Å². The molecule has 0 spiro atoms. The van der Waals surface area contributed by atoms with Crippen molar-refractivity contribution < 1.29 is 14.4 Å². The third-order valence-electron chi connectivity index (χ3n) is 5.36. The van der Waals surface area contributed by atoms with Crippen LogP contribution in [0.1, 0.15) is 28.4 Å². The van der Waals surface area contributed by atoms with E-state index in [1.807, 2.05) is 50.2 Å². The molecule has 33 heavy (non-hydrogen) atoms. The van der Waals surface area contributed by atoms with E-state index in [0.717, 1.165) is 28.1 Å². The SMILES string of the molecule is CCc1ccccc1NC(=O)c1cccc(NC2=C(Cl)C(=O)N(c3ccc(C)cc3)C2=O)c1. The van der Waals surface area contributed by atoms with Gasteiger partial charge < -0.3 is 10.6 Å². The summed E-state index contributed by atoms with van der Waals surface area (Å²) in [6.45, 7) is 3.94. The average Bonchev–Trinajstić information content (AvgIpc) is 3.03. The molecule has 4 rings (SSSR count). The maximum atomic E-state index is 13.0. The molecule has 3 aromatic carbocycles. The Bertz CT molecular complexity index is 1280. The molecule has 0 atom stereocenters. The van der Waals surface area contributed by atoms with Gasteiger partial charge in [0.15, 0.2) is 0 Å². The van der Waals surface area contributed by atoms with Crippen LogP contribution in [0.4, 0.5) is 17.1 Å². The lowest BCUT2D eigenvalue weighted by Gasteiger charge is -2.15. The minimum absolute atomic E-state index is 0.0314. The van der Waals surface area contributed by atoms with E-state index in [1.165, 1.54) is 0 Å². The molecule has 0 fully saturated rings. The minimum Gasteiger partial charge on any atom is -0.350 e. The van der Waals surface area contributed by atoms with Gasteiger partial charge in [0.1, 0.15) is 10.7 Å². The zero-order valence-electron chi connectivity index (χ0n) is 18.2. The van der Waals surface area contributed by atoms with Crippen molar-refractivity contribution in [1.29, 1.82) is 0 Å². The highest BCUT2D eigenvalue weighted by Crippen LogP contribution is 2.30. The third-order valence-corrected chi connectivity index (χ3v) is 5.71. The Hall–Kier alpha value is -3.90. The van der Waals surface area contributed by atoms with Crippen molar-refractivity contribution in [2.75, 3.05) is 15.5 Å². The van der Waals surface area contributed by atoms with Crippen molar-refractivity contribution >= 4 is 46.4 Å². The van der Waals surface area contributed by atoms with Gasteiger partial charge in [-0.05, 0) is 55.3 Å². The molecule has 7 heteroatoms. The van der Waals surface area contributed by atoms with Gasteiger partial charge in [0.2, 0.25) is 0 Å². The number of para-hydroxylation sites is 1. The van der Waals surface area contributed by atoms with Gasteiger partial charge >= 0.3 is 0 Å². The molecular weight excluding hydrogens is 438 g/mol.